The molecule has 8 nitrogen and oxygen atoms in total. The number of fused-ring (bicyclic) bond motifs is 1. The highest BCUT2D eigenvalue weighted by Gasteiger charge is 2.17. The zero-order valence-corrected chi connectivity index (χ0v) is 20.5. The number of nitrogens with one attached hydrogen (secondary N) is 1. The van der Waals surface area contributed by atoms with E-state index >= 15 is 0 Å². The van der Waals surface area contributed by atoms with E-state index in [0.29, 0.717) is 36.6 Å². The zero-order valence-electron chi connectivity index (χ0n) is 18.0. The van der Waals surface area contributed by atoms with Crippen molar-refractivity contribution in [2.45, 2.75) is 5.16 Å². The number of rotatable bonds is 7. The topological polar surface area (TPSA) is 87.4 Å². The minimum Gasteiger partial charge on any atom is -0.497 e. The molecule has 0 unspecified atom stereocenters. The average molecular weight is 501 g/mol. The van der Waals surface area contributed by atoms with Crippen molar-refractivity contribution in [2.75, 3.05) is 25.3 Å². The van der Waals surface area contributed by atoms with Crippen molar-refractivity contribution in [1.82, 2.24) is 14.1 Å². The molecule has 33 heavy (non-hydrogen) atoms. The van der Waals surface area contributed by atoms with E-state index in [9.17, 15) is 9.59 Å². The van der Waals surface area contributed by atoms with E-state index < -0.39 is 0 Å². The minimum atomic E-state index is -0.242. The number of hydrogen-bond acceptors (Lipinski definition) is 8. The van der Waals surface area contributed by atoms with Crippen LogP contribution >= 0.6 is 35.3 Å². The summed E-state index contributed by atoms with van der Waals surface area (Å²) in [4.78, 5) is 30.2. The van der Waals surface area contributed by atoms with Gasteiger partial charge in [-0.05, 0) is 36.5 Å². The number of anilines is 1. The molecule has 2 aromatic carbocycles. The first-order valence-corrected chi connectivity index (χ1v) is 12.0. The van der Waals surface area contributed by atoms with Gasteiger partial charge in [0.15, 0.2) is 14.8 Å². The number of hydrogen-bond donors (Lipinski definition) is 1. The Labute approximate surface area is 202 Å². The van der Waals surface area contributed by atoms with Crippen LogP contribution < -0.4 is 20.3 Å². The zero-order chi connectivity index (χ0) is 23.5. The van der Waals surface area contributed by atoms with Crippen LogP contribution in [0.5, 0.6) is 11.5 Å². The Bertz CT molecular complexity index is 1460. The van der Waals surface area contributed by atoms with Crippen molar-refractivity contribution in [3.63, 3.8) is 0 Å². The number of amides is 1. The van der Waals surface area contributed by atoms with Gasteiger partial charge in [-0.3, -0.25) is 18.7 Å². The maximum atomic E-state index is 13.0. The average Bonchev–Trinajstić information content (AvgIpc) is 3.16. The molecule has 1 N–H and O–H groups in total. The number of para-hydroxylation sites is 2. The van der Waals surface area contributed by atoms with Crippen molar-refractivity contribution in [2.24, 2.45) is 7.05 Å². The second kappa shape index (κ2) is 9.77. The number of carbonyl (C=O) groups is 1. The molecule has 0 bridgehead atoms. The highest BCUT2D eigenvalue weighted by Crippen LogP contribution is 2.28. The number of aromatic nitrogens is 3. The molecule has 4 aromatic rings. The van der Waals surface area contributed by atoms with Gasteiger partial charge in [-0.15, -0.1) is 0 Å². The van der Waals surface area contributed by atoms with Gasteiger partial charge in [-0.1, -0.05) is 41.3 Å². The molecule has 2 aromatic heterocycles. The van der Waals surface area contributed by atoms with Gasteiger partial charge in [0, 0.05) is 13.1 Å². The summed E-state index contributed by atoms with van der Waals surface area (Å²) in [5.41, 5.74) is 1.56. The summed E-state index contributed by atoms with van der Waals surface area (Å²) in [6.07, 6.45) is 0. The van der Waals surface area contributed by atoms with Gasteiger partial charge in [0.2, 0.25) is 5.91 Å². The number of thiazole rings is 1. The van der Waals surface area contributed by atoms with Crippen molar-refractivity contribution in [3.05, 3.63) is 62.8 Å². The summed E-state index contributed by atoms with van der Waals surface area (Å²) >= 11 is 7.91. The van der Waals surface area contributed by atoms with E-state index in [0.717, 1.165) is 5.69 Å². The summed E-state index contributed by atoms with van der Waals surface area (Å²) in [6, 6.07) is 14.5. The molecule has 11 heteroatoms. The highest BCUT2D eigenvalue weighted by molar-refractivity contribution is 7.99. The third-order valence-corrected chi connectivity index (χ3v) is 7.18. The second-order valence-electron chi connectivity index (χ2n) is 6.85. The van der Waals surface area contributed by atoms with E-state index in [1.165, 1.54) is 27.7 Å². The number of ether oxygens (including phenoxy) is 2. The van der Waals surface area contributed by atoms with Crippen LogP contribution in [0.15, 0.2) is 58.5 Å². The Morgan fingerprint density at radius 1 is 1.18 bits per heavy atom. The minimum absolute atomic E-state index is 0.0634. The first-order chi connectivity index (χ1) is 15.9. The van der Waals surface area contributed by atoms with Gasteiger partial charge in [0.1, 0.15) is 16.2 Å². The Morgan fingerprint density at radius 2 is 1.97 bits per heavy atom. The lowest BCUT2D eigenvalue weighted by atomic mass is 10.3. The monoisotopic (exact) mass is 500 g/mol. The molecule has 170 valence electrons. The normalized spacial score (nSPS) is 10.9. The third-order valence-electron chi connectivity index (χ3n) is 4.80. The molecular formula is C22H20N4O4S3. The molecule has 0 saturated carbocycles. The van der Waals surface area contributed by atoms with Crippen LogP contribution in [0.25, 0.3) is 16.0 Å². The maximum Gasteiger partial charge on any atom is 0.273 e. The van der Waals surface area contributed by atoms with Crippen molar-refractivity contribution < 1.29 is 14.3 Å². The number of thioether (sulfide) groups is 1. The third kappa shape index (κ3) is 4.65. The van der Waals surface area contributed by atoms with Gasteiger partial charge in [-0.2, -0.15) is 0 Å². The van der Waals surface area contributed by atoms with Crippen molar-refractivity contribution in [1.29, 1.82) is 0 Å². The van der Waals surface area contributed by atoms with E-state index in [-0.39, 0.29) is 17.2 Å². The van der Waals surface area contributed by atoms with Gasteiger partial charge >= 0.3 is 0 Å². The molecular weight excluding hydrogens is 480 g/mol. The predicted molar refractivity (Wildman–Crippen MR) is 134 cm³/mol. The molecule has 0 aliphatic rings. The maximum absolute atomic E-state index is 13.0. The fourth-order valence-electron chi connectivity index (χ4n) is 3.18. The summed E-state index contributed by atoms with van der Waals surface area (Å²) < 4.78 is 14.7. The predicted octanol–water partition coefficient (Wildman–Crippen LogP) is 4.26. The number of benzene rings is 2. The first kappa shape index (κ1) is 23.0. The lowest BCUT2D eigenvalue weighted by Gasteiger charge is -2.11. The summed E-state index contributed by atoms with van der Waals surface area (Å²) in [6.45, 7) is 0. The number of carbonyl (C=O) groups excluding carboxylic acids is 1. The molecule has 1 amide bonds. The first-order valence-electron chi connectivity index (χ1n) is 9.75. The fraction of sp³-hybridized carbons (Fsp3) is 0.182. The van der Waals surface area contributed by atoms with Crippen molar-refractivity contribution >= 4 is 57.3 Å². The van der Waals surface area contributed by atoms with Crippen molar-refractivity contribution in [3.8, 4) is 17.2 Å². The van der Waals surface area contributed by atoms with E-state index in [1.807, 2.05) is 36.4 Å². The Morgan fingerprint density at radius 3 is 2.73 bits per heavy atom. The number of nitrogens with zero attached hydrogens (tertiary/aromatic N) is 3. The van der Waals surface area contributed by atoms with E-state index in [4.69, 9.17) is 21.7 Å². The Kier molecular flexibility index (Phi) is 6.82. The van der Waals surface area contributed by atoms with Gasteiger partial charge in [0.25, 0.3) is 5.56 Å². The molecule has 0 aliphatic carbocycles. The molecule has 0 radical (unpaired) electrons. The number of methoxy groups -OCH3 is 2. The summed E-state index contributed by atoms with van der Waals surface area (Å²) in [5, 5.41) is 3.23. The smallest absolute Gasteiger partial charge is 0.273 e. The largest absolute Gasteiger partial charge is 0.497 e. The Balaban J connectivity index is 1.66. The SMILES string of the molecule is COc1cccc(-n2c(=S)sc3c(=O)n(C)c(SCC(=O)Nc4ccccc4OC)nc32)c1. The molecule has 4 rings (SSSR count). The van der Waals surface area contributed by atoms with E-state index in [1.54, 1.807) is 38.0 Å². The fourth-order valence-corrected chi connectivity index (χ4v) is 5.29. The second-order valence-corrected chi connectivity index (χ2v) is 9.44. The van der Waals surface area contributed by atoms with Crippen LogP contribution in [-0.2, 0) is 11.8 Å². The molecule has 0 saturated heterocycles. The molecule has 0 atom stereocenters. The quantitative estimate of drug-likeness (QED) is 0.230. The van der Waals surface area contributed by atoms with Crippen LogP contribution in [0.1, 0.15) is 0 Å². The van der Waals surface area contributed by atoms with Crippen LogP contribution in [0.4, 0.5) is 5.69 Å². The summed E-state index contributed by atoms with van der Waals surface area (Å²) in [5.74, 6) is 1.06. The van der Waals surface area contributed by atoms with Gasteiger partial charge < -0.3 is 14.8 Å². The molecule has 0 aliphatic heterocycles. The van der Waals surface area contributed by atoms with Gasteiger partial charge in [-0.25, -0.2) is 4.98 Å². The molecule has 0 spiro atoms. The van der Waals surface area contributed by atoms with Crippen LogP contribution in [0.2, 0.25) is 0 Å². The van der Waals surface area contributed by atoms with Gasteiger partial charge in [0.05, 0.1) is 31.3 Å². The van der Waals surface area contributed by atoms with Crippen LogP contribution in [-0.4, -0.2) is 40.0 Å². The highest BCUT2D eigenvalue weighted by atomic mass is 32.2. The van der Waals surface area contributed by atoms with Crippen LogP contribution in [0.3, 0.4) is 0 Å². The Hall–Kier alpha value is -3.15. The summed E-state index contributed by atoms with van der Waals surface area (Å²) in [7, 11) is 4.76. The van der Waals surface area contributed by atoms with Crippen LogP contribution in [0, 0.1) is 3.95 Å². The van der Waals surface area contributed by atoms with E-state index in [2.05, 4.69) is 10.3 Å². The standard InChI is InChI=1S/C22H20N4O4S3/c1-25-20(28)18-19(26(22(31)33-18)13-7-6-8-14(11-13)29-2)24-21(25)32-12-17(27)23-15-9-4-5-10-16(15)30-3/h4-11H,12H2,1-3H3,(H,23,27). The lowest BCUT2D eigenvalue weighted by molar-refractivity contribution is -0.113. The molecule has 2 heterocycles. The molecule has 0 fully saturated rings. The lowest BCUT2D eigenvalue weighted by Crippen LogP contribution is -2.21.